The van der Waals surface area contributed by atoms with Crippen molar-refractivity contribution in [3.05, 3.63) is 24.0 Å². The number of aromatic nitrogens is 1. The highest BCUT2D eigenvalue weighted by Gasteiger charge is 2.06. The summed E-state index contributed by atoms with van der Waals surface area (Å²) in [6.07, 6.45) is 1.20. The number of ether oxygens (including phenoxy) is 1. The molecule has 0 aliphatic rings. The molecule has 3 N–H and O–H groups in total. The van der Waals surface area contributed by atoms with Gasteiger partial charge in [0, 0.05) is 31.5 Å². The van der Waals surface area contributed by atoms with Crippen molar-refractivity contribution in [2.45, 2.75) is 13.0 Å². The number of carbonyl (C=O) groups is 1. The first-order chi connectivity index (χ1) is 8.63. The Hall–Kier alpha value is -1.66. The van der Waals surface area contributed by atoms with E-state index in [4.69, 9.17) is 5.11 Å². The van der Waals surface area contributed by atoms with Gasteiger partial charge in [-0.25, -0.2) is 9.78 Å². The summed E-state index contributed by atoms with van der Waals surface area (Å²) in [6, 6.07) is 3.42. The third-order valence-electron chi connectivity index (χ3n) is 2.23. The third kappa shape index (κ3) is 5.11. The lowest BCUT2D eigenvalue weighted by Gasteiger charge is -2.09. The van der Waals surface area contributed by atoms with Crippen molar-refractivity contribution in [2.75, 3.05) is 32.1 Å². The lowest BCUT2D eigenvalue weighted by Crippen LogP contribution is -2.29. The number of carbonyl (C=O) groups excluding carboxylic acids is 1. The van der Waals surface area contributed by atoms with Gasteiger partial charge in [0.1, 0.15) is 5.69 Å². The molecule has 0 fully saturated rings. The largest absolute Gasteiger partial charge is 0.464 e. The minimum absolute atomic E-state index is 0.277. The first-order valence-electron chi connectivity index (χ1n) is 5.80. The maximum absolute atomic E-state index is 11.3. The zero-order chi connectivity index (χ0) is 13.4. The van der Waals surface area contributed by atoms with Gasteiger partial charge in [-0.1, -0.05) is 0 Å². The number of hydrogen-bond donors (Lipinski definition) is 3. The second-order valence-corrected chi connectivity index (χ2v) is 3.90. The lowest BCUT2D eigenvalue weighted by molar-refractivity contribution is 0.0594. The number of aliphatic hydroxyl groups is 1. The van der Waals surface area contributed by atoms with Gasteiger partial charge in [0.2, 0.25) is 0 Å². The van der Waals surface area contributed by atoms with Crippen LogP contribution in [0.25, 0.3) is 0 Å². The molecule has 1 unspecified atom stereocenters. The van der Waals surface area contributed by atoms with Gasteiger partial charge in [0.05, 0.1) is 13.2 Å². The van der Waals surface area contributed by atoms with Crippen LogP contribution in [0.3, 0.4) is 0 Å². The maximum Gasteiger partial charge on any atom is 0.356 e. The Balaban J connectivity index is 2.36. The van der Waals surface area contributed by atoms with E-state index < -0.39 is 5.97 Å². The van der Waals surface area contributed by atoms with Crippen molar-refractivity contribution < 1.29 is 14.6 Å². The van der Waals surface area contributed by atoms with Crippen LogP contribution in [0.4, 0.5) is 5.69 Å². The Bertz CT molecular complexity index is 383. The summed E-state index contributed by atoms with van der Waals surface area (Å²) in [7, 11) is 1.32. The molecule has 0 saturated carbocycles. The predicted molar refractivity (Wildman–Crippen MR) is 68.6 cm³/mol. The van der Waals surface area contributed by atoms with E-state index in [1.54, 1.807) is 25.3 Å². The van der Waals surface area contributed by atoms with Gasteiger partial charge in [-0.2, -0.15) is 0 Å². The number of esters is 1. The van der Waals surface area contributed by atoms with E-state index in [1.807, 2.05) is 0 Å². The first kappa shape index (κ1) is 14.4. The van der Waals surface area contributed by atoms with Crippen LogP contribution in [-0.4, -0.2) is 48.9 Å². The van der Waals surface area contributed by atoms with Gasteiger partial charge in [-0.15, -0.1) is 0 Å². The van der Waals surface area contributed by atoms with E-state index >= 15 is 0 Å². The van der Waals surface area contributed by atoms with Crippen molar-refractivity contribution in [2.24, 2.45) is 0 Å². The number of hydrogen-bond acceptors (Lipinski definition) is 6. The molecule has 1 rings (SSSR count). The Morgan fingerprint density at radius 1 is 1.56 bits per heavy atom. The number of aliphatic hydroxyl groups excluding tert-OH is 1. The minimum atomic E-state index is -0.453. The SMILES string of the molecule is COC(=O)c1cc(NCCNCC(C)O)ccn1. The van der Waals surface area contributed by atoms with Crippen molar-refractivity contribution in [3.63, 3.8) is 0 Å². The highest BCUT2D eigenvalue weighted by atomic mass is 16.5. The number of nitrogens with zero attached hydrogens (tertiary/aromatic N) is 1. The summed E-state index contributed by atoms with van der Waals surface area (Å²) in [5.74, 6) is -0.453. The summed E-state index contributed by atoms with van der Waals surface area (Å²) in [5, 5.41) is 15.3. The second kappa shape index (κ2) is 7.62. The number of methoxy groups -OCH3 is 1. The normalized spacial score (nSPS) is 11.9. The fraction of sp³-hybridized carbons (Fsp3) is 0.500. The maximum atomic E-state index is 11.3. The molecular formula is C12H19N3O3. The third-order valence-corrected chi connectivity index (χ3v) is 2.23. The molecule has 0 bridgehead atoms. The lowest BCUT2D eigenvalue weighted by atomic mass is 10.3. The summed E-state index contributed by atoms with van der Waals surface area (Å²) >= 11 is 0. The number of anilines is 1. The molecular weight excluding hydrogens is 234 g/mol. The molecule has 0 aliphatic heterocycles. The molecule has 0 saturated heterocycles. The minimum Gasteiger partial charge on any atom is -0.464 e. The molecule has 0 aromatic carbocycles. The molecule has 0 radical (unpaired) electrons. The van der Waals surface area contributed by atoms with Crippen LogP contribution >= 0.6 is 0 Å². The molecule has 1 aromatic rings. The summed E-state index contributed by atoms with van der Waals surface area (Å²) < 4.78 is 4.59. The number of pyridine rings is 1. The Morgan fingerprint density at radius 3 is 3.00 bits per heavy atom. The van der Waals surface area contributed by atoms with E-state index in [9.17, 15) is 4.79 Å². The summed E-state index contributed by atoms with van der Waals surface area (Å²) in [6.45, 7) is 3.70. The van der Waals surface area contributed by atoms with E-state index in [0.29, 0.717) is 13.1 Å². The van der Waals surface area contributed by atoms with Crippen LogP contribution in [-0.2, 0) is 4.74 Å². The number of nitrogens with one attached hydrogen (secondary N) is 2. The van der Waals surface area contributed by atoms with E-state index in [-0.39, 0.29) is 11.8 Å². The molecule has 1 aromatic heterocycles. The standard InChI is InChI=1S/C12H19N3O3/c1-9(16)8-13-5-6-14-10-3-4-15-11(7-10)12(17)18-2/h3-4,7,9,13,16H,5-6,8H2,1-2H3,(H,14,15). The summed E-state index contributed by atoms with van der Waals surface area (Å²) in [5.41, 5.74) is 1.09. The molecule has 18 heavy (non-hydrogen) atoms. The second-order valence-electron chi connectivity index (χ2n) is 3.90. The van der Waals surface area contributed by atoms with Gasteiger partial charge in [-0.3, -0.25) is 0 Å². The highest BCUT2D eigenvalue weighted by molar-refractivity contribution is 5.88. The van der Waals surface area contributed by atoms with Crippen molar-refractivity contribution in [1.82, 2.24) is 10.3 Å². The van der Waals surface area contributed by atoms with Gasteiger partial charge in [0.15, 0.2) is 0 Å². The van der Waals surface area contributed by atoms with Crippen molar-refractivity contribution in [1.29, 1.82) is 0 Å². The van der Waals surface area contributed by atoms with Crippen LogP contribution < -0.4 is 10.6 Å². The van der Waals surface area contributed by atoms with Crippen LogP contribution in [0.2, 0.25) is 0 Å². The highest BCUT2D eigenvalue weighted by Crippen LogP contribution is 2.08. The molecule has 1 atom stereocenters. The van der Waals surface area contributed by atoms with Gasteiger partial charge in [-0.05, 0) is 19.1 Å². The quantitative estimate of drug-likeness (QED) is 0.477. The average molecular weight is 253 g/mol. The zero-order valence-electron chi connectivity index (χ0n) is 10.6. The molecule has 6 nitrogen and oxygen atoms in total. The molecule has 0 spiro atoms. The van der Waals surface area contributed by atoms with E-state index in [0.717, 1.165) is 12.2 Å². The molecule has 0 aliphatic carbocycles. The molecule has 100 valence electrons. The van der Waals surface area contributed by atoms with E-state index in [1.165, 1.54) is 7.11 Å². The van der Waals surface area contributed by atoms with Gasteiger partial charge < -0.3 is 20.5 Å². The fourth-order valence-electron chi connectivity index (χ4n) is 1.36. The van der Waals surface area contributed by atoms with Gasteiger partial charge >= 0.3 is 5.97 Å². The van der Waals surface area contributed by atoms with Crippen LogP contribution in [0.15, 0.2) is 18.3 Å². The molecule has 0 amide bonds. The molecule has 6 heteroatoms. The average Bonchev–Trinajstić information content (AvgIpc) is 2.37. The topological polar surface area (TPSA) is 83.5 Å². The first-order valence-corrected chi connectivity index (χ1v) is 5.80. The van der Waals surface area contributed by atoms with Crippen LogP contribution in [0, 0.1) is 0 Å². The molecule has 1 heterocycles. The van der Waals surface area contributed by atoms with Crippen LogP contribution in [0.5, 0.6) is 0 Å². The van der Waals surface area contributed by atoms with E-state index in [2.05, 4.69) is 20.4 Å². The zero-order valence-corrected chi connectivity index (χ0v) is 10.6. The van der Waals surface area contributed by atoms with Crippen molar-refractivity contribution >= 4 is 11.7 Å². The van der Waals surface area contributed by atoms with Crippen molar-refractivity contribution in [3.8, 4) is 0 Å². The fourth-order valence-corrected chi connectivity index (χ4v) is 1.36. The predicted octanol–water partition coefficient (Wildman–Crippen LogP) is 0.250. The Morgan fingerprint density at radius 2 is 2.33 bits per heavy atom. The smallest absolute Gasteiger partial charge is 0.356 e. The Kier molecular flexibility index (Phi) is 6.10. The Labute approximate surface area is 106 Å². The number of rotatable bonds is 7. The summed E-state index contributed by atoms with van der Waals surface area (Å²) in [4.78, 5) is 15.2. The van der Waals surface area contributed by atoms with Gasteiger partial charge in [0.25, 0.3) is 0 Å². The van der Waals surface area contributed by atoms with Crippen LogP contribution in [0.1, 0.15) is 17.4 Å². The monoisotopic (exact) mass is 253 g/mol.